The van der Waals surface area contributed by atoms with E-state index in [2.05, 4.69) is 6.92 Å². The molecular formula is C14H14O2S2. The molecule has 0 radical (unpaired) electrons. The maximum Gasteiger partial charge on any atom is 0.185 e. The summed E-state index contributed by atoms with van der Waals surface area (Å²) in [6.07, 6.45) is 0.930. The fourth-order valence-electron chi connectivity index (χ4n) is 1.56. The Morgan fingerprint density at radius 1 is 1.17 bits per heavy atom. The predicted molar refractivity (Wildman–Crippen MR) is 75.7 cm³/mol. The quantitative estimate of drug-likeness (QED) is 0.786. The van der Waals surface area contributed by atoms with Gasteiger partial charge in [-0.15, -0.1) is 11.3 Å². The highest BCUT2D eigenvalue weighted by Crippen LogP contribution is 2.18. The van der Waals surface area contributed by atoms with Crippen LogP contribution in [0.1, 0.15) is 21.5 Å². The van der Waals surface area contributed by atoms with Crippen LogP contribution < -0.4 is 0 Å². The van der Waals surface area contributed by atoms with Crippen LogP contribution in [-0.4, -0.2) is 15.7 Å². The van der Waals surface area contributed by atoms with Gasteiger partial charge in [-0.1, -0.05) is 25.1 Å². The van der Waals surface area contributed by atoms with E-state index < -0.39 is 10.8 Å². The second-order valence-electron chi connectivity index (χ2n) is 3.85. The second-order valence-corrected chi connectivity index (χ2v) is 6.47. The number of aryl methyl sites for hydroxylation is 1. The number of thiophene rings is 1. The van der Waals surface area contributed by atoms with Gasteiger partial charge in [0.25, 0.3) is 0 Å². The molecule has 0 aliphatic heterocycles. The average Bonchev–Trinajstić information content (AvgIpc) is 2.88. The highest BCUT2D eigenvalue weighted by Gasteiger charge is 2.13. The molecule has 0 N–H and O–H groups in total. The maximum absolute atomic E-state index is 12.0. The zero-order chi connectivity index (χ0) is 13.0. The van der Waals surface area contributed by atoms with Gasteiger partial charge in [0.05, 0.1) is 21.4 Å². The van der Waals surface area contributed by atoms with Gasteiger partial charge in [-0.25, -0.2) is 0 Å². The second kappa shape index (κ2) is 6.07. The van der Waals surface area contributed by atoms with Gasteiger partial charge in [-0.3, -0.25) is 9.00 Å². The molecule has 0 bridgehead atoms. The molecule has 2 aromatic rings. The van der Waals surface area contributed by atoms with Gasteiger partial charge in [-0.05, 0) is 30.7 Å². The first-order valence-corrected chi connectivity index (χ1v) is 7.89. The molecule has 18 heavy (non-hydrogen) atoms. The Morgan fingerprint density at radius 2 is 1.89 bits per heavy atom. The summed E-state index contributed by atoms with van der Waals surface area (Å²) in [6.45, 7) is 2.06. The first-order valence-electron chi connectivity index (χ1n) is 5.76. The number of benzene rings is 1. The van der Waals surface area contributed by atoms with Crippen molar-refractivity contribution in [2.75, 3.05) is 5.75 Å². The van der Waals surface area contributed by atoms with Crippen LogP contribution in [0, 0.1) is 0 Å². The molecule has 1 aromatic heterocycles. The third-order valence-electron chi connectivity index (χ3n) is 2.55. The molecule has 0 saturated carbocycles. The normalized spacial score (nSPS) is 12.3. The van der Waals surface area contributed by atoms with E-state index >= 15 is 0 Å². The van der Waals surface area contributed by atoms with E-state index in [-0.39, 0.29) is 11.5 Å². The Morgan fingerprint density at radius 3 is 2.50 bits per heavy atom. The Bertz CT molecular complexity index is 558. The Balaban J connectivity index is 2.06. The third kappa shape index (κ3) is 3.15. The highest BCUT2D eigenvalue weighted by molar-refractivity contribution is 7.85. The van der Waals surface area contributed by atoms with Crippen molar-refractivity contribution in [2.24, 2.45) is 0 Å². The fraction of sp³-hybridized carbons (Fsp3) is 0.214. The zero-order valence-electron chi connectivity index (χ0n) is 10.1. The van der Waals surface area contributed by atoms with Crippen molar-refractivity contribution >= 4 is 27.9 Å². The van der Waals surface area contributed by atoms with Gasteiger partial charge in [0.2, 0.25) is 0 Å². The third-order valence-corrected chi connectivity index (χ3v) is 5.15. The lowest BCUT2D eigenvalue weighted by molar-refractivity contribution is 0.102. The average molecular weight is 278 g/mol. The molecule has 2 nitrogen and oxygen atoms in total. The van der Waals surface area contributed by atoms with Crippen molar-refractivity contribution in [1.82, 2.24) is 0 Å². The van der Waals surface area contributed by atoms with E-state index in [0.717, 1.165) is 6.42 Å². The van der Waals surface area contributed by atoms with E-state index in [1.807, 2.05) is 30.3 Å². The van der Waals surface area contributed by atoms with Gasteiger partial charge >= 0.3 is 0 Å². The number of ketones is 1. The van der Waals surface area contributed by atoms with Crippen molar-refractivity contribution in [3.8, 4) is 0 Å². The first-order chi connectivity index (χ1) is 8.70. The Labute approximate surface area is 113 Å². The van der Waals surface area contributed by atoms with Gasteiger partial charge in [0.15, 0.2) is 5.78 Å². The number of Topliss-reactive ketones (excluding diaryl/α,β-unsaturated/α-hetero) is 1. The lowest BCUT2D eigenvalue weighted by Gasteiger charge is -2.00. The molecule has 1 atom stereocenters. The molecule has 0 aliphatic carbocycles. The Hall–Kier alpha value is -1.26. The highest BCUT2D eigenvalue weighted by atomic mass is 32.2. The summed E-state index contributed by atoms with van der Waals surface area (Å²) in [5.41, 5.74) is 0. The molecular weight excluding hydrogens is 264 g/mol. The van der Waals surface area contributed by atoms with Gasteiger partial charge in [0, 0.05) is 9.77 Å². The summed E-state index contributed by atoms with van der Waals surface area (Å²) in [5.74, 6) is 0.0233. The van der Waals surface area contributed by atoms with Crippen LogP contribution >= 0.6 is 11.3 Å². The van der Waals surface area contributed by atoms with E-state index in [9.17, 15) is 9.00 Å². The van der Waals surface area contributed by atoms with Crippen molar-refractivity contribution in [3.63, 3.8) is 0 Å². The van der Waals surface area contributed by atoms with Crippen LogP contribution in [0.5, 0.6) is 0 Å². The van der Waals surface area contributed by atoms with Gasteiger partial charge in [-0.2, -0.15) is 0 Å². The van der Waals surface area contributed by atoms with E-state index in [1.54, 1.807) is 12.1 Å². The monoisotopic (exact) mass is 278 g/mol. The molecule has 1 unspecified atom stereocenters. The Kier molecular flexibility index (Phi) is 4.44. The van der Waals surface area contributed by atoms with Crippen molar-refractivity contribution in [1.29, 1.82) is 0 Å². The minimum Gasteiger partial charge on any atom is -0.292 e. The van der Waals surface area contributed by atoms with Crippen LogP contribution in [0.15, 0.2) is 47.4 Å². The molecule has 0 aliphatic rings. The van der Waals surface area contributed by atoms with Crippen molar-refractivity contribution < 1.29 is 9.00 Å². The molecule has 1 heterocycles. The molecule has 1 aromatic carbocycles. The lowest BCUT2D eigenvalue weighted by Crippen LogP contribution is -2.09. The first kappa shape index (κ1) is 13.2. The summed E-state index contributed by atoms with van der Waals surface area (Å²) in [4.78, 5) is 14.6. The number of carbonyl (C=O) groups is 1. The molecule has 4 heteroatoms. The molecule has 0 spiro atoms. The summed E-state index contributed by atoms with van der Waals surface area (Å²) in [5, 5.41) is 0. The zero-order valence-corrected chi connectivity index (χ0v) is 11.7. The number of rotatable bonds is 5. The molecule has 0 amide bonds. The summed E-state index contributed by atoms with van der Waals surface area (Å²) < 4.78 is 12.0. The molecule has 94 valence electrons. The summed E-state index contributed by atoms with van der Waals surface area (Å²) in [6, 6.07) is 12.9. The molecule has 0 fully saturated rings. The van der Waals surface area contributed by atoms with Crippen LogP contribution in [0.2, 0.25) is 0 Å². The number of hydrogen-bond donors (Lipinski definition) is 0. The fourth-order valence-corrected chi connectivity index (χ4v) is 3.56. The molecule has 2 rings (SSSR count). The maximum atomic E-state index is 12.0. The SMILES string of the molecule is CCc1ccc(C(=O)CS(=O)c2ccccc2)s1. The lowest BCUT2D eigenvalue weighted by atomic mass is 10.3. The van der Waals surface area contributed by atoms with Gasteiger partial charge in [0.1, 0.15) is 0 Å². The largest absolute Gasteiger partial charge is 0.292 e. The van der Waals surface area contributed by atoms with Gasteiger partial charge < -0.3 is 0 Å². The van der Waals surface area contributed by atoms with Crippen molar-refractivity contribution in [3.05, 3.63) is 52.2 Å². The summed E-state index contributed by atoms with van der Waals surface area (Å²) in [7, 11) is -1.25. The number of hydrogen-bond acceptors (Lipinski definition) is 3. The van der Waals surface area contributed by atoms with E-state index in [0.29, 0.717) is 9.77 Å². The smallest absolute Gasteiger partial charge is 0.185 e. The standard InChI is InChI=1S/C14H14O2S2/c1-2-11-8-9-14(17-11)13(15)10-18(16)12-6-4-3-5-7-12/h3-9H,2,10H2,1H3. The number of carbonyl (C=O) groups excluding carboxylic acids is 1. The topological polar surface area (TPSA) is 34.1 Å². The molecule has 0 saturated heterocycles. The van der Waals surface area contributed by atoms with Crippen LogP contribution in [0.3, 0.4) is 0 Å². The van der Waals surface area contributed by atoms with Crippen LogP contribution in [0.4, 0.5) is 0 Å². The predicted octanol–water partition coefficient (Wildman–Crippen LogP) is 3.30. The minimum atomic E-state index is -1.25. The summed E-state index contributed by atoms with van der Waals surface area (Å²) >= 11 is 1.49. The van der Waals surface area contributed by atoms with Crippen LogP contribution in [-0.2, 0) is 17.2 Å². The minimum absolute atomic E-state index is 0.0399. The van der Waals surface area contributed by atoms with E-state index in [1.165, 1.54) is 16.2 Å². The van der Waals surface area contributed by atoms with Crippen molar-refractivity contribution in [2.45, 2.75) is 18.2 Å². The van der Waals surface area contributed by atoms with E-state index in [4.69, 9.17) is 0 Å². The van der Waals surface area contributed by atoms with Crippen LogP contribution in [0.25, 0.3) is 0 Å².